The van der Waals surface area contributed by atoms with Gasteiger partial charge in [0.05, 0.1) is 16.8 Å². The Morgan fingerprint density at radius 3 is 2.90 bits per heavy atom. The van der Waals surface area contributed by atoms with Crippen LogP contribution in [-0.4, -0.2) is 32.7 Å². The minimum absolute atomic E-state index is 0.0948. The second-order valence-electron chi connectivity index (χ2n) is 5.27. The van der Waals surface area contributed by atoms with Crippen LogP contribution in [0.4, 0.5) is 0 Å². The van der Waals surface area contributed by atoms with Crippen LogP contribution < -0.4 is 5.32 Å². The van der Waals surface area contributed by atoms with E-state index < -0.39 is 0 Å². The van der Waals surface area contributed by atoms with E-state index in [0.717, 1.165) is 16.3 Å². The van der Waals surface area contributed by atoms with Gasteiger partial charge in [-0.2, -0.15) is 0 Å². The molecule has 0 aliphatic heterocycles. The molecule has 2 N–H and O–H groups in total. The number of hydrogen-bond acceptors (Lipinski definition) is 4. The molecule has 0 saturated heterocycles. The fraction of sp³-hybridized carbons (Fsp3) is 0.429. The van der Waals surface area contributed by atoms with Crippen molar-refractivity contribution in [3.63, 3.8) is 0 Å². The number of aromatic nitrogens is 2. The fourth-order valence-corrected chi connectivity index (χ4v) is 3.01. The van der Waals surface area contributed by atoms with Gasteiger partial charge in [0.2, 0.25) is 0 Å². The first kappa shape index (κ1) is 13.3. The summed E-state index contributed by atoms with van der Waals surface area (Å²) in [6.07, 6.45) is 2.95. The lowest BCUT2D eigenvalue weighted by atomic mass is 9.89. The molecule has 1 amide bonds. The lowest BCUT2D eigenvalue weighted by molar-refractivity contribution is 0.0559. The van der Waals surface area contributed by atoms with E-state index >= 15 is 0 Å². The molecular formula is C14H17N3O2S. The summed E-state index contributed by atoms with van der Waals surface area (Å²) in [5.74, 6) is -0.0948. The number of nitrogens with zero attached hydrogens (tertiary/aromatic N) is 2. The van der Waals surface area contributed by atoms with Crippen LogP contribution in [0.25, 0.3) is 11.3 Å². The van der Waals surface area contributed by atoms with Crippen molar-refractivity contribution in [1.82, 2.24) is 14.9 Å². The zero-order valence-electron chi connectivity index (χ0n) is 11.5. The number of carbonyl (C=O) groups excluding carboxylic acids is 1. The second kappa shape index (κ2) is 5.03. The van der Waals surface area contributed by atoms with Gasteiger partial charge < -0.3 is 15.0 Å². The zero-order chi connectivity index (χ0) is 14.3. The first-order valence-corrected chi connectivity index (χ1v) is 7.48. The van der Waals surface area contributed by atoms with Crippen LogP contribution >= 0.6 is 11.3 Å². The summed E-state index contributed by atoms with van der Waals surface area (Å²) in [6, 6.07) is 1.95. The predicted molar refractivity (Wildman–Crippen MR) is 77.8 cm³/mol. The van der Waals surface area contributed by atoms with Gasteiger partial charge in [-0.1, -0.05) is 0 Å². The highest BCUT2D eigenvalue weighted by atomic mass is 32.1. The highest BCUT2D eigenvalue weighted by molar-refractivity contribution is 7.09. The van der Waals surface area contributed by atoms with Crippen LogP contribution in [0.5, 0.6) is 0 Å². The largest absolute Gasteiger partial charge is 0.393 e. The Morgan fingerprint density at radius 2 is 2.30 bits per heavy atom. The van der Waals surface area contributed by atoms with Crippen molar-refractivity contribution < 1.29 is 9.90 Å². The van der Waals surface area contributed by atoms with Crippen molar-refractivity contribution in [2.45, 2.75) is 31.9 Å². The molecule has 20 heavy (non-hydrogen) atoms. The highest BCUT2D eigenvalue weighted by Gasteiger charge is 2.29. The summed E-state index contributed by atoms with van der Waals surface area (Å²) < 4.78 is 1.81. The Labute approximate surface area is 121 Å². The Hall–Kier alpha value is -1.66. The molecule has 2 aromatic heterocycles. The van der Waals surface area contributed by atoms with Crippen molar-refractivity contribution in [3.8, 4) is 11.3 Å². The van der Waals surface area contributed by atoms with Crippen LogP contribution in [0.2, 0.25) is 0 Å². The molecule has 0 spiro atoms. The van der Waals surface area contributed by atoms with Crippen molar-refractivity contribution in [2.24, 2.45) is 7.05 Å². The minimum atomic E-state index is -0.262. The third-order valence-corrected chi connectivity index (χ3v) is 4.37. The smallest absolute Gasteiger partial charge is 0.268 e. The number of carbonyl (C=O) groups is 1. The van der Waals surface area contributed by atoms with Crippen LogP contribution in [0.1, 0.15) is 28.3 Å². The van der Waals surface area contributed by atoms with E-state index in [1.807, 2.05) is 36.2 Å². The Morgan fingerprint density at radius 1 is 1.55 bits per heavy atom. The number of aryl methyl sites for hydroxylation is 2. The van der Waals surface area contributed by atoms with Crippen molar-refractivity contribution in [2.75, 3.05) is 0 Å². The molecular weight excluding hydrogens is 274 g/mol. The van der Waals surface area contributed by atoms with Crippen molar-refractivity contribution >= 4 is 17.2 Å². The number of rotatable bonds is 3. The van der Waals surface area contributed by atoms with Crippen LogP contribution in [-0.2, 0) is 7.05 Å². The normalized spacial score (nSPS) is 21.6. The molecule has 2 heterocycles. The van der Waals surface area contributed by atoms with E-state index in [4.69, 9.17) is 0 Å². The van der Waals surface area contributed by atoms with E-state index in [9.17, 15) is 9.90 Å². The Kier molecular flexibility index (Phi) is 3.35. The van der Waals surface area contributed by atoms with Gasteiger partial charge in [-0.25, -0.2) is 4.98 Å². The number of hydrogen-bond donors (Lipinski definition) is 2. The van der Waals surface area contributed by atoms with E-state index in [1.165, 1.54) is 0 Å². The molecule has 0 unspecified atom stereocenters. The number of thiazole rings is 1. The van der Waals surface area contributed by atoms with Gasteiger partial charge in [-0.05, 0) is 25.8 Å². The van der Waals surface area contributed by atoms with Crippen LogP contribution in [0.15, 0.2) is 17.6 Å². The summed E-state index contributed by atoms with van der Waals surface area (Å²) in [5.41, 5.74) is 2.48. The molecule has 1 aliphatic rings. The molecule has 3 rings (SSSR count). The van der Waals surface area contributed by atoms with Gasteiger partial charge in [0, 0.05) is 30.2 Å². The summed E-state index contributed by atoms with van der Waals surface area (Å²) in [4.78, 5) is 16.6. The molecule has 106 valence electrons. The quantitative estimate of drug-likeness (QED) is 0.904. The van der Waals surface area contributed by atoms with Gasteiger partial charge in [0.1, 0.15) is 5.69 Å². The predicted octanol–water partition coefficient (Wildman–Crippen LogP) is 1.71. The maximum Gasteiger partial charge on any atom is 0.268 e. The molecule has 1 saturated carbocycles. The maximum absolute atomic E-state index is 12.2. The molecule has 0 radical (unpaired) electrons. The summed E-state index contributed by atoms with van der Waals surface area (Å²) in [6.45, 7) is 1.96. The van der Waals surface area contributed by atoms with Gasteiger partial charge >= 0.3 is 0 Å². The first-order chi connectivity index (χ1) is 9.52. The molecule has 0 atom stereocenters. The number of aliphatic hydroxyl groups excluding tert-OH is 1. The molecule has 6 heteroatoms. The summed E-state index contributed by atoms with van der Waals surface area (Å²) >= 11 is 1.60. The number of aliphatic hydroxyl groups is 1. The highest BCUT2D eigenvalue weighted by Crippen LogP contribution is 2.24. The fourth-order valence-electron chi connectivity index (χ4n) is 2.39. The average Bonchev–Trinajstić information content (AvgIpc) is 2.93. The topological polar surface area (TPSA) is 67.2 Å². The Balaban J connectivity index is 1.76. The van der Waals surface area contributed by atoms with E-state index in [-0.39, 0.29) is 18.1 Å². The SMILES string of the molecule is Cc1nc(-c2cc(C(=O)NC3CC(O)C3)n(C)c2)cs1. The molecule has 1 fully saturated rings. The molecule has 2 aromatic rings. The van der Waals surface area contributed by atoms with Gasteiger partial charge in [-0.15, -0.1) is 11.3 Å². The zero-order valence-corrected chi connectivity index (χ0v) is 12.3. The van der Waals surface area contributed by atoms with Crippen LogP contribution in [0, 0.1) is 6.92 Å². The first-order valence-electron chi connectivity index (χ1n) is 6.60. The maximum atomic E-state index is 12.2. The number of amides is 1. The van der Waals surface area contributed by atoms with E-state index in [0.29, 0.717) is 18.5 Å². The minimum Gasteiger partial charge on any atom is -0.393 e. The average molecular weight is 291 g/mol. The number of nitrogens with one attached hydrogen (secondary N) is 1. The third-order valence-electron chi connectivity index (χ3n) is 3.60. The monoisotopic (exact) mass is 291 g/mol. The van der Waals surface area contributed by atoms with Gasteiger partial charge in [0.15, 0.2) is 0 Å². The lowest BCUT2D eigenvalue weighted by Gasteiger charge is -2.31. The van der Waals surface area contributed by atoms with E-state index in [1.54, 1.807) is 11.3 Å². The molecule has 0 aromatic carbocycles. The van der Waals surface area contributed by atoms with Crippen molar-refractivity contribution in [3.05, 3.63) is 28.3 Å². The van der Waals surface area contributed by atoms with Crippen LogP contribution in [0.3, 0.4) is 0 Å². The summed E-state index contributed by atoms with van der Waals surface area (Å²) in [5, 5.41) is 15.2. The third kappa shape index (κ3) is 2.48. The summed E-state index contributed by atoms with van der Waals surface area (Å²) in [7, 11) is 1.85. The molecule has 1 aliphatic carbocycles. The molecule has 5 nitrogen and oxygen atoms in total. The van der Waals surface area contributed by atoms with Gasteiger partial charge in [0.25, 0.3) is 5.91 Å². The lowest BCUT2D eigenvalue weighted by Crippen LogP contribution is -2.47. The van der Waals surface area contributed by atoms with Crippen molar-refractivity contribution in [1.29, 1.82) is 0 Å². The standard InChI is InChI=1S/C14H17N3O2S/c1-8-15-12(7-20-8)9-3-13(17(2)6-9)14(19)16-10-4-11(18)5-10/h3,6-7,10-11,18H,4-5H2,1-2H3,(H,16,19). The molecule has 0 bridgehead atoms. The van der Waals surface area contributed by atoms with Gasteiger partial charge in [-0.3, -0.25) is 4.79 Å². The van der Waals surface area contributed by atoms with E-state index in [2.05, 4.69) is 10.3 Å². The second-order valence-corrected chi connectivity index (χ2v) is 6.33. The Bertz CT molecular complexity index is 641.